The van der Waals surface area contributed by atoms with Crippen molar-refractivity contribution < 1.29 is 0 Å². The SMILES string of the molecule is Clc1c(CNC2CCCCCCC2)[nH]c2ccccc12. The van der Waals surface area contributed by atoms with Crippen molar-refractivity contribution in [3.05, 3.63) is 35.0 Å². The Kier molecular flexibility index (Phi) is 4.64. The molecule has 108 valence electrons. The Hall–Kier alpha value is -0.990. The number of halogens is 1. The van der Waals surface area contributed by atoms with E-state index >= 15 is 0 Å². The number of aromatic amines is 1. The minimum Gasteiger partial charge on any atom is -0.356 e. The van der Waals surface area contributed by atoms with Crippen LogP contribution in [0, 0.1) is 0 Å². The van der Waals surface area contributed by atoms with E-state index in [2.05, 4.69) is 22.4 Å². The summed E-state index contributed by atoms with van der Waals surface area (Å²) in [5.74, 6) is 0. The van der Waals surface area contributed by atoms with Crippen molar-refractivity contribution in [2.45, 2.75) is 57.5 Å². The zero-order valence-electron chi connectivity index (χ0n) is 11.9. The van der Waals surface area contributed by atoms with Gasteiger partial charge in [0.1, 0.15) is 0 Å². The van der Waals surface area contributed by atoms with Crippen molar-refractivity contribution in [2.75, 3.05) is 0 Å². The number of hydrogen-bond donors (Lipinski definition) is 2. The number of nitrogens with one attached hydrogen (secondary N) is 2. The van der Waals surface area contributed by atoms with Crippen LogP contribution in [0.4, 0.5) is 0 Å². The first-order valence-corrected chi connectivity index (χ1v) is 8.21. The van der Waals surface area contributed by atoms with Crippen LogP contribution in [0.3, 0.4) is 0 Å². The summed E-state index contributed by atoms with van der Waals surface area (Å²) in [6.45, 7) is 0.845. The Morgan fingerprint density at radius 1 is 1.05 bits per heavy atom. The number of rotatable bonds is 3. The normalized spacial score (nSPS) is 18.1. The van der Waals surface area contributed by atoms with E-state index < -0.39 is 0 Å². The Morgan fingerprint density at radius 3 is 2.50 bits per heavy atom. The van der Waals surface area contributed by atoms with E-state index in [-0.39, 0.29) is 0 Å². The molecule has 3 rings (SSSR count). The second-order valence-electron chi connectivity index (χ2n) is 5.89. The van der Waals surface area contributed by atoms with Gasteiger partial charge in [0, 0.05) is 29.2 Å². The molecule has 0 atom stereocenters. The lowest BCUT2D eigenvalue weighted by Crippen LogP contribution is -2.29. The first-order chi connectivity index (χ1) is 9.84. The van der Waals surface area contributed by atoms with Gasteiger partial charge in [-0.05, 0) is 18.9 Å². The fourth-order valence-corrected chi connectivity index (χ4v) is 3.47. The van der Waals surface area contributed by atoms with Gasteiger partial charge in [-0.2, -0.15) is 0 Å². The van der Waals surface area contributed by atoms with E-state index in [0.29, 0.717) is 6.04 Å². The highest BCUT2D eigenvalue weighted by atomic mass is 35.5. The first-order valence-electron chi connectivity index (χ1n) is 7.83. The van der Waals surface area contributed by atoms with E-state index in [0.717, 1.165) is 28.2 Å². The lowest BCUT2D eigenvalue weighted by Gasteiger charge is -2.20. The van der Waals surface area contributed by atoms with Crippen molar-refractivity contribution in [1.82, 2.24) is 10.3 Å². The van der Waals surface area contributed by atoms with Gasteiger partial charge in [-0.3, -0.25) is 0 Å². The molecule has 0 amide bonds. The van der Waals surface area contributed by atoms with Crippen molar-refractivity contribution in [3.63, 3.8) is 0 Å². The standard InChI is InChI=1S/C17H23ClN2/c18-17-14-10-6-7-11-15(14)20-16(17)12-19-13-8-4-2-1-3-5-9-13/h6-7,10-11,13,19-20H,1-5,8-9,12H2. The minimum absolute atomic E-state index is 0.651. The van der Waals surface area contributed by atoms with E-state index in [9.17, 15) is 0 Å². The molecular formula is C17H23ClN2. The predicted octanol–water partition coefficient (Wildman–Crippen LogP) is 5.02. The van der Waals surface area contributed by atoms with Crippen LogP contribution in [0.5, 0.6) is 0 Å². The molecule has 0 bridgehead atoms. The van der Waals surface area contributed by atoms with E-state index in [4.69, 9.17) is 11.6 Å². The van der Waals surface area contributed by atoms with Crippen LogP contribution < -0.4 is 5.32 Å². The molecule has 1 aliphatic carbocycles. The molecule has 0 unspecified atom stereocenters. The summed E-state index contributed by atoms with van der Waals surface area (Å²) in [5, 5.41) is 5.69. The van der Waals surface area contributed by atoms with Crippen LogP contribution in [0.15, 0.2) is 24.3 Å². The molecule has 0 saturated heterocycles. The topological polar surface area (TPSA) is 27.8 Å². The number of fused-ring (bicyclic) bond motifs is 1. The minimum atomic E-state index is 0.651. The van der Waals surface area contributed by atoms with Gasteiger partial charge in [0.25, 0.3) is 0 Å². The molecule has 2 nitrogen and oxygen atoms in total. The summed E-state index contributed by atoms with van der Waals surface area (Å²) in [7, 11) is 0. The van der Waals surface area contributed by atoms with Gasteiger partial charge in [-0.15, -0.1) is 0 Å². The lowest BCUT2D eigenvalue weighted by atomic mass is 9.97. The third kappa shape index (κ3) is 3.18. The molecule has 1 heterocycles. The quantitative estimate of drug-likeness (QED) is 0.816. The number of para-hydroxylation sites is 1. The third-order valence-electron chi connectivity index (χ3n) is 4.39. The number of H-pyrrole nitrogens is 1. The molecule has 0 radical (unpaired) electrons. The molecular weight excluding hydrogens is 268 g/mol. The molecule has 1 fully saturated rings. The summed E-state index contributed by atoms with van der Waals surface area (Å²) in [6, 6.07) is 8.89. The van der Waals surface area contributed by atoms with Crippen LogP contribution in [0.2, 0.25) is 5.02 Å². The summed E-state index contributed by atoms with van der Waals surface area (Å²) < 4.78 is 0. The second-order valence-corrected chi connectivity index (χ2v) is 6.26. The van der Waals surface area contributed by atoms with Crippen molar-refractivity contribution in [3.8, 4) is 0 Å². The molecule has 2 N–H and O–H groups in total. The first kappa shape index (κ1) is 14.0. The van der Waals surface area contributed by atoms with Crippen molar-refractivity contribution in [1.29, 1.82) is 0 Å². The number of hydrogen-bond acceptors (Lipinski definition) is 1. The van der Waals surface area contributed by atoms with E-state index in [1.54, 1.807) is 0 Å². The predicted molar refractivity (Wildman–Crippen MR) is 86.3 cm³/mol. The van der Waals surface area contributed by atoms with Crippen LogP contribution in [-0.4, -0.2) is 11.0 Å². The van der Waals surface area contributed by atoms with Crippen LogP contribution in [0.1, 0.15) is 50.6 Å². The maximum atomic E-state index is 6.46. The molecule has 2 aromatic rings. The van der Waals surface area contributed by atoms with Gasteiger partial charge >= 0.3 is 0 Å². The van der Waals surface area contributed by atoms with Crippen LogP contribution in [-0.2, 0) is 6.54 Å². The smallest absolute Gasteiger partial charge is 0.0705 e. The largest absolute Gasteiger partial charge is 0.356 e. The molecule has 1 aromatic carbocycles. The second kappa shape index (κ2) is 6.64. The molecule has 0 spiro atoms. The summed E-state index contributed by atoms with van der Waals surface area (Å²) in [6.07, 6.45) is 9.53. The van der Waals surface area contributed by atoms with E-state index in [1.807, 2.05) is 12.1 Å². The summed E-state index contributed by atoms with van der Waals surface area (Å²) in [4.78, 5) is 3.44. The van der Waals surface area contributed by atoms with E-state index in [1.165, 1.54) is 44.9 Å². The molecule has 1 aliphatic rings. The van der Waals surface area contributed by atoms with Gasteiger partial charge in [0.15, 0.2) is 0 Å². The summed E-state index contributed by atoms with van der Waals surface area (Å²) >= 11 is 6.46. The highest BCUT2D eigenvalue weighted by Crippen LogP contribution is 2.27. The van der Waals surface area contributed by atoms with Gasteiger partial charge in [0.2, 0.25) is 0 Å². The van der Waals surface area contributed by atoms with Gasteiger partial charge < -0.3 is 10.3 Å². The molecule has 0 aliphatic heterocycles. The Bertz CT molecular complexity index is 553. The van der Waals surface area contributed by atoms with Gasteiger partial charge in [-0.25, -0.2) is 0 Å². The van der Waals surface area contributed by atoms with Crippen molar-refractivity contribution in [2.24, 2.45) is 0 Å². The fourth-order valence-electron chi connectivity index (χ4n) is 3.19. The fraction of sp³-hybridized carbons (Fsp3) is 0.529. The lowest BCUT2D eigenvalue weighted by molar-refractivity contribution is 0.388. The Labute approximate surface area is 125 Å². The number of benzene rings is 1. The maximum Gasteiger partial charge on any atom is 0.0705 e. The van der Waals surface area contributed by atoms with Gasteiger partial charge in [-0.1, -0.05) is 61.9 Å². The zero-order chi connectivity index (χ0) is 13.8. The monoisotopic (exact) mass is 290 g/mol. The van der Waals surface area contributed by atoms with Gasteiger partial charge in [0.05, 0.1) is 5.02 Å². The van der Waals surface area contributed by atoms with Crippen LogP contribution in [0.25, 0.3) is 10.9 Å². The summed E-state index contributed by atoms with van der Waals surface area (Å²) in [5.41, 5.74) is 2.25. The third-order valence-corrected chi connectivity index (χ3v) is 4.82. The molecule has 20 heavy (non-hydrogen) atoms. The molecule has 1 saturated carbocycles. The van der Waals surface area contributed by atoms with Crippen molar-refractivity contribution >= 4 is 22.5 Å². The number of aromatic nitrogens is 1. The highest BCUT2D eigenvalue weighted by Gasteiger charge is 2.13. The highest BCUT2D eigenvalue weighted by molar-refractivity contribution is 6.36. The zero-order valence-corrected chi connectivity index (χ0v) is 12.7. The Morgan fingerprint density at radius 2 is 1.75 bits per heavy atom. The average molecular weight is 291 g/mol. The molecule has 1 aromatic heterocycles. The average Bonchev–Trinajstić information content (AvgIpc) is 2.75. The maximum absolute atomic E-state index is 6.46. The Balaban J connectivity index is 1.65. The van der Waals surface area contributed by atoms with Crippen LogP contribution >= 0.6 is 11.6 Å². The molecule has 3 heteroatoms.